The molecule has 0 saturated carbocycles. The van der Waals surface area contributed by atoms with Gasteiger partial charge in [0.15, 0.2) is 0 Å². The molecular weight excluding hydrogens is 300 g/mol. The van der Waals surface area contributed by atoms with Crippen LogP contribution in [0.3, 0.4) is 0 Å². The van der Waals surface area contributed by atoms with E-state index in [-0.39, 0.29) is 0 Å². The zero-order chi connectivity index (χ0) is 15.1. The summed E-state index contributed by atoms with van der Waals surface area (Å²) in [4.78, 5) is 5.36. The number of thioether (sulfide) groups is 1. The lowest BCUT2D eigenvalue weighted by molar-refractivity contribution is 0.572. The van der Waals surface area contributed by atoms with E-state index in [2.05, 4.69) is 48.4 Å². The number of benzene rings is 1. The summed E-state index contributed by atoms with van der Waals surface area (Å²) in [6.45, 7) is 5.23. The van der Waals surface area contributed by atoms with Gasteiger partial charge < -0.3 is 5.32 Å². The van der Waals surface area contributed by atoms with Gasteiger partial charge in [-0.1, -0.05) is 36.2 Å². The SMILES string of the molecule is CCNC(CSc1cccc(C)c1)Cc1ccncc1Cl. The monoisotopic (exact) mass is 320 g/mol. The quantitative estimate of drug-likeness (QED) is 0.767. The van der Waals surface area contributed by atoms with Crippen molar-refractivity contribution in [2.24, 2.45) is 0 Å². The van der Waals surface area contributed by atoms with Crippen molar-refractivity contribution in [3.63, 3.8) is 0 Å². The number of likely N-dealkylation sites (N-methyl/N-ethyl adjacent to an activating group) is 1. The first-order valence-electron chi connectivity index (χ1n) is 7.20. The molecule has 2 aromatic rings. The van der Waals surface area contributed by atoms with Crippen LogP contribution in [0.25, 0.3) is 0 Å². The smallest absolute Gasteiger partial charge is 0.0621 e. The molecule has 2 nitrogen and oxygen atoms in total. The molecule has 0 spiro atoms. The fourth-order valence-electron chi connectivity index (χ4n) is 2.22. The van der Waals surface area contributed by atoms with Crippen molar-refractivity contribution >= 4 is 23.4 Å². The number of rotatable bonds is 7. The van der Waals surface area contributed by atoms with Crippen molar-refractivity contribution in [2.45, 2.75) is 31.2 Å². The van der Waals surface area contributed by atoms with Crippen LogP contribution in [0, 0.1) is 6.92 Å². The van der Waals surface area contributed by atoms with Crippen LogP contribution in [0.1, 0.15) is 18.1 Å². The summed E-state index contributed by atoms with van der Waals surface area (Å²) >= 11 is 8.10. The lowest BCUT2D eigenvalue weighted by Crippen LogP contribution is -2.33. The zero-order valence-corrected chi connectivity index (χ0v) is 14.0. The number of aryl methyl sites for hydroxylation is 1. The summed E-state index contributed by atoms with van der Waals surface area (Å²) < 4.78 is 0. The first-order chi connectivity index (χ1) is 10.2. The van der Waals surface area contributed by atoms with Crippen LogP contribution in [0.5, 0.6) is 0 Å². The minimum absolute atomic E-state index is 0.403. The lowest BCUT2D eigenvalue weighted by atomic mass is 10.1. The Morgan fingerprint density at radius 1 is 1.33 bits per heavy atom. The molecule has 0 fully saturated rings. The third kappa shape index (κ3) is 5.34. The molecule has 112 valence electrons. The van der Waals surface area contributed by atoms with E-state index in [0.29, 0.717) is 6.04 Å². The van der Waals surface area contributed by atoms with Crippen LogP contribution in [0.4, 0.5) is 0 Å². The maximum atomic E-state index is 6.21. The van der Waals surface area contributed by atoms with Gasteiger partial charge in [-0.3, -0.25) is 4.98 Å². The van der Waals surface area contributed by atoms with Crippen LogP contribution in [0.2, 0.25) is 5.02 Å². The van der Waals surface area contributed by atoms with Crippen LogP contribution in [-0.2, 0) is 6.42 Å². The fraction of sp³-hybridized carbons (Fsp3) is 0.353. The molecule has 1 aromatic carbocycles. The third-order valence-corrected chi connectivity index (χ3v) is 4.75. The molecule has 1 N–H and O–H groups in total. The summed E-state index contributed by atoms with van der Waals surface area (Å²) in [5.41, 5.74) is 2.46. The Balaban J connectivity index is 1.97. The summed E-state index contributed by atoms with van der Waals surface area (Å²) in [5, 5.41) is 4.29. The van der Waals surface area contributed by atoms with E-state index in [1.807, 2.05) is 17.8 Å². The Morgan fingerprint density at radius 3 is 2.90 bits per heavy atom. The Kier molecular flexibility index (Phi) is 6.55. The van der Waals surface area contributed by atoms with E-state index in [0.717, 1.165) is 29.3 Å². The lowest BCUT2D eigenvalue weighted by Gasteiger charge is -2.18. The number of nitrogens with one attached hydrogen (secondary N) is 1. The van der Waals surface area contributed by atoms with Crippen LogP contribution in [-0.4, -0.2) is 23.3 Å². The van der Waals surface area contributed by atoms with Gasteiger partial charge in [0, 0.05) is 29.1 Å². The van der Waals surface area contributed by atoms with E-state index in [1.165, 1.54) is 10.5 Å². The highest BCUT2D eigenvalue weighted by Crippen LogP contribution is 2.22. The summed E-state index contributed by atoms with van der Waals surface area (Å²) in [6, 6.07) is 11.0. The van der Waals surface area contributed by atoms with Gasteiger partial charge >= 0.3 is 0 Å². The maximum absolute atomic E-state index is 6.21. The molecule has 0 radical (unpaired) electrons. The molecule has 21 heavy (non-hydrogen) atoms. The summed E-state index contributed by atoms with van der Waals surface area (Å²) in [5.74, 6) is 1.02. The van der Waals surface area contributed by atoms with Crippen molar-refractivity contribution in [3.05, 3.63) is 58.9 Å². The molecule has 0 amide bonds. The highest BCUT2D eigenvalue weighted by molar-refractivity contribution is 7.99. The van der Waals surface area contributed by atoms with E-state index < -0.39 is 0 Å². The van der Waals surface area contributed by atoms with E-state index in [9.17, 15) is 0 Å². The minimum atomic E-state index is 0.403. The third-order valence-electron chi connectivity index (χ3n) is 3.26. The first kappa shape index (κ1) is 16.3. The first-order valence-corrected chi connectivity index (χ1v) is 8.56. The van der Waals surface area contributed by atoms with Crippen LogP contribution < -0.4 is 5.32 Å². The topological polar surface area (TPSA) is 24.9 Å². The van der Waals surface area contributed by atoms with Gasteiger partial charge in [0.1, 0.15) is 0 Å². The second kappa shape index (κ2) is 8.42. The van der Waals surface area contributed by atoms with E-state index in [1.54, 1.807) is 12.4 Å². The molecule has 1 unspecified atom stereocenters. The average molecular weight is 321 g/mol. The van der Waals surface area contributed by atoms with Crippen molar-refractivity contribution in [3.8, 4) is 0 Å². The molecule has 0 aliphatic carbocycles. The number of halogens is 1. The standard InChI is InChI=1S/C17H21ClN2S/c1-3-20-15(10-14-7-8-19-11-17(14)18)12-21-16-6-4-5-13(2)9-16/h4-9,11,15,20H,3,10,12H2,1-2H3. The molecule has 0 bridgehead atoms. The molecular formula is C17H21ClN2S. The van der Waals surface area contributed by atoms with Crippen molar-refractivity contribution in [1.29, 1.82) is 0 Å². The van der Waals surface area contributed by atoms with Crippen LogP contribution >= 0.6 is 23.4 Å². The van der Waals surface area contributed by atoms with Gasteiger partial charge in [-0.05, 0) is 43.7 Å². The van der Waals surface area contributed by atoms with Gasteiger partial charge in [-0.15, -0.1) is 11.8 Å². The molecule has 1 atom stereocenters. The Hall–Kier alpha value is -1.03. The largest absolute Gasteiger partial charge is 0.313 e. The number of aromatic nitrogens is 1. The number of nitrogens with zero attached hydrogens (tertiary/aromatic N) is 1. The number of pyridine rings is 1. The average Bonchev–Trinajstić information content (AvgIpc) is 2.47. The predicted molar refractivity (Wildman–Crippen MR) is 92.3 cm³/mol. The highest BCUT2D eigenvalue weighted by Gasteiger charge is 2.11. The number of hydrogen-bond donors (Lipinski definition) is 1. The Morgan fingerprint density at radius 2 is 2.19 bits per heavy atom. The van der Waals surface area contributed by atoms with Gasteiger partial charge in [-0.25, -0.2) is 0 Å². The Labute approximate surface area is 136 Å². The van der Waals surface area contributed by atoms with Gasteiger partial charge in [-0.2, -0.15) is 0 Å². The Bertz CT molecular complexity index is 574. The van der Waals surface area contributed by atoms with Gasteiger partial charge in [0.25, 0.3) is 0 Å². The fourth-order valence-corrected chi connectivity index (χ4v) is 3.49. The van der Waals surface area contributed by atoms with Crippen molar-refractivity contribution in [1.82, 2.24) is 10.3 Å². The molecule has 2 rings (SSSR count). The van der Waals surface area contributed by atoms with Crippen molar-refractivity contribution < 1.29 is 0 Å². The molecule has 0 aliphatic rings. The summed E-state index contributed by atoms with van der Waals surface area (Å²) in [7, 11) is 0. The normalized spacial score (nSPS) is 12.3. The van der Waals surface area contributed by atoms with Gasteiger partial charge in [0.2, 0.25) is 0 Å². The maximum Gasteiger partial charge on any atom is 0.0621 e. The predicted octanol–water partition coefficient (Wildman–Crippen LogP) is 4.36. The summed E-state index contributed by atoms with van der Waals surface area (Å²) in [6.07, 6.45) is 4.44. The zero-order valence-electron chi connectivity index (χ0n) is 12.5. The molecule has 0 saturated heterocycles. The second-order valence-corrected chi connectivity index (χ2v) is 6.55. The molecule has 4 heteroatoms. The number of hydrogen-bond acceptors (Lipinski definition) is 3. The minimum Gasteiger partial charge on any atom is -0.313 e. The van der Waals surface area contributed by atoms with Crippen LogP contribution in [0.15, 0.2) is 47.6 Å². The van der Waals surface area contributed by atoms with Gasteiger partial charge in [0.05, 0.1) is 5.02 Å². The van der Waals surface area contributed by atoms with E-state index in [4.69, 9.17) is 11.6 Å². The second-order valence-electron chi connectivity index (χ2n) is 5.05. The molecule has 0 aliphatic heterocycles. The van der Waals surface area contributed by atoms with Crippen molar-refractivity contribution in [2.75, 3.05) is 12.3 Å². The molecule has 1 aromatic heterocycles. The molecule has 1 heterocycles. The van der Waals surface area contributed by atoms with E-state index >= 15 is 0 Å². The highest BCUT2D eigenvalue weighted by atomic mass is 35.5.